The molecule has 0 radical (unpaired) electrons. The van der Waals surface area contributed by atoms with Gasteiger partial charge in [0.1, 0.15) is 5.69 Å². The third-order valence-electron chi connectivity index (χ3n) is 2.71. The second-order valence-electron chi connectivity index (χ2n) is 4.03. The van der Waals surface area contributed by atoms with E-state index in [0.29, 0.717) is 0 Å². The second kappa shape index (κ2) is 4.51. The van der Waals surface area contributed by atoms with Gasteiger partial charge in [-0.05, 0) is 6.07 Å². The lowest BCUT2D eigenvalue weighted by Crippen LogP contribution is -2.11. The number of aromatic nitrogens is 1. The average Bonchev–Trinajstić information content (AvgIpc) is 2.66. The number of hydrogen-bond donors (Lipinski definition) is 2. The zero-order valence-corrected chi connectivity index (χ0v) is 9.69. The van der Waals surface area contributed by atoms with Crippen molar-refractivity contribution in [2.24, 2.45) is 0 Å². The quantitative estimate of drug-likeness (QED) is 0.670. The Morgan fingerprint density at radius 2 is 2.05 bits per heavy atom. The van der Waals surface area contributed by atoms with Crippen molar-refractivity contribution in [1.82, 2.24) is 4.98 Å². The molecule has 0 aliphatic rings. The Bertz CT molecular complexity index is 705. The van der Waals surface area contributed by atoms with Crippen molar-refractivity contribution >= 4 is 22.6 Å². The molecule has 0 aliphatic heterocycles. The van der Waals surface area contributed by atoms with Crippen molar-refractivity contribution < 1.29 is 28.0 Å². The fraction of sp³-hybridized carbons (Fsp3) is 0.182. The first-order chi connectivity index (χ1) is 9.20. The highest BCUT2D eigenvalue weighted by Crippen LogP contribution is 2.36. The van der Waals surface area contributed by atoms with E-state index in [4.69, 9.17) is 5.11 Å². The van der Waals surface area contributed by atoms with Gasteiger partial charge in [0, 0.05) is 28.6 Å². The molecular weight excluding hydrogens is 281 g/mol. The summed E-state index contributed by atoms with van der Waals surface area (Å²) >= 11 is 0. The van der Waals surface area contributed by atoms with Gasteiger partial charge in [-0.25, -0.2) is 0 Å². The number of carboxylic acids is 1. The van der Waals surface area contributed by atoms with Gasteiger partial charge in [-0.3, -0.25) is 14.9 Å². The molecule has 2 aromatic rings. The monoisotopic (exact) mass is 288 g/mol. The Balaban J connectivity index is 2.74. The topological polar surface area (TPSA) is 96.2 Å². The number of aromatic amines is 1. The third-order valence-corrected chi connectivity index (χ3v) is 2.71. The molecule has 0 spiro atoms. The SMILES string of the molecule is O=C(O)Cc1c(C(F)(F)F)[nH]c2ccc([N+](=O)[O-])cc12. The average molecular weight is 288 g/mol. The molecule has 0 amide bonds. The molecule has 0 saturated carbocycles. The number of nitro benzene ring substituents is 1. The van der Waals surface area contributed by atoms with Gasteiger partial charge in [0.15, 0.2) is 0 Å². The lowest BCUT2D eigenvalue weighted by Gasteiger charge is -2.06. The highest BCUT2D eigenvalue weighted by molar-refractivity contribution is 5.90. The summed E-state index contributed by atoms with van der Waals surface area (Å²) in [6.07, 6.45) is -5.64. The van der Waals surface area contributed by atoms with Gasteiger partial charge < -0.3 is 10.1 Å². The van der Waals surface area contributed by atoms with Crippen LogP contribution in [0.25, 0.3) is 10.9 Å². The number of alkyl halides is 3. The molecule has 2 rings (SSSR count). The van der Waals surface area contributed by atoms with Crippen LogP contribution >= 0.6 is 0 Å². The number of hydrogen-bond acceptors (Lipinski definition) is 3. The van der Waals surface area contributed by atoms with E-state index in [1.807, 2.05) is 0 Å². The molecule has 0 bridgehead atoms. The Hall–Kier alpha value is -2.58. The smallest absolute Gasteiger partial charge is 0.431 e. The molecule has 6 nitrogen and oxygen atoms in total. The zero-order chi connectivity index (χ0) is 15.1. The highest BCUT2D eigenvalue weighted by atomic mass is 19.4. The number of nitrogens with zero attached hydrogens (tertiary/aromatic N) is 1. The number of rotatable bonds is 3. The summed E-state index contributed by atoms with van der Waals surface area (Å²) in [5.74, 6) is -1.46. The molecule has 0 fully saturated rings. The molecule has 0 aliphatic carbocycles. The zero-order valence-electron chi connectivity index (χ0n) is 9.69. The van der Waals surface area contributed by atoms with Crippen LogP contribution in [0.5, 0.6) is 0 Å². The second-order valence-corrected chi connectivity index (χ2v) is 4.03. The fourth-order valence-electron chi connectivity index (χ4n) is 1.93. The van der Waals surface area contributed by atoms with E-state index in [1.54, 1.807) is 0 Å². The first-order valence-electron chi connectivity index (χ1n) is 5.28. The van der Waals surface area contributed by atoms with Crippen molar-refractivity contribution in [1.29, 1.82) is 0 Å². The Labute approximate surface area is 109 Å². The lowest BCUT2D eigenvalue weighted by molar-refractivity contribution is -0.384. The number of halogens is 3. The van der Waals surface area contributed by atoms with Crippen molar-refractivity contribution in [2.75, 3.05) is 0 Å². The molecule has 1 heterocycles. The van der Waals surface area contributed by atoms with Crippen LogP contribution in [0.1, 0.15) is 11.3 Å². The van der Waals surface area contributed by atoms with Crippen LogP contribution in [-0.2, 0) is 17.4 Å². The minimum absolute atomic E-state index is 0.000764. The van der Waals surface area contributed by atoms with Crippen LogP contribution in [-0.4, -0.2) is 21.0 Å². The van der Waals surface area contributed by atoms with Crippen molar-refractivity contribution in [3.8, 4) is 0 Å². The van der Waals surface area contributed by atoms with E-state index >= 15 is 0 Å². The summed E-state index contributed by atoms with van der Waals surface area (Å²) in [4.78, 5) is 22.6. The minimum Gasteiger partial charge on any atom is -0.481 e. The van der Waals surface area contributed by atoms with E-state index in [9.17, 15) is 28.1 Å². The van der Waals surface area contributed by atoms with Gasteiger partial charge in [0.25, 0.3) is 5.69 Å². The van der Waals surface area contributed by atoms with Crippen molar-refractivity contribution in [3.05, 3.63) is 39.6 Å². The minimum atomic E-state index is -4.77. The van der Waals surface area contributed by atoms with Gasteiger partial charge >= 0.3 is 12.1 Å². The molecule has 0 unspecified atom stereocenters. The maximum absolute atomic E-state index is 12.8. The Morgan fingerprint density at radius 3 is 2.55 bits per heavy atom. The maximum atomic E-state index is 12.8. The molecule has 2 N–H and O–H groups in total. The van der Waals surface area contributed by atoms with E-state index in [-0.39, 0.29) is 10.9 Å². The van der Waals surface area contributed by atoms with Gasteiger partial charge in [0.05, 0.1) is 11.3 Å². The molecule has 1 aromatic carbocycles. The number of non-ortho nitro benzene ring substituents is 1. The van der Waals surface area contributed by atoms with Crippen LogP contribution in [0, 0.1) is 10.1 Å². The summed E-state index contributed by atoms with van der Waals surface area (Å²) in [5, 5.41) is 19.2. The van der Waals surface area contributed by atoms with Crippen LogP contribution in [0.4, 0.5) is 18.9 Å². The van der Waals surface area contributed by atoms with Crippen LogP contribution in [0.2, 0.25) is 0 Å². The normalized spacial score (nSPS) is 11.8. The number of nitrogens with one attached hydrogen (secondary N) is 1. The summed E-state index contributed by atoms with van der Waals surface area (Å²) in [7, 11) is 0. The molecule has 1 aromatic heterocycles. The van der Waals surface area contributed by atoms with Gasteiger partial charge in [-0.2, -0.15) is 13.2 Å². The predicted molar refractivity (Wildman–Crippen MR) is 61.3 cm³/mol. The maximum Gasteiger partial charge on any atom is 0.431 e. The molecular formula is C11H7F3N2O4. The fourth-order valence-corrected chi connectivity index (χ4v) is 1.93. The van der Waals surface area contributed by atoms with Crippen LogP contribution in [0.15, 0.2) is 18.2 Å². The number of nitro groups is 1. The predicted octanol–water partition coefficient (Wildman–Crippen LogP) is 2.72. The third kappa shape index (κ3) is 2.42. The highest BCUT2D eigenvalue weighted by Gasteiger charge is 2.37. The van der Waals surface area contributed by atoms with E-state index in [1.165, 1.54) is 0 Å². The Kier molecular flexibility index (Phi) is 3.12. The van der Waals surface area contributed by atoms with E-state index in [2.05, 4.69) is 4.98 Å². The number of fused-ring (bicyclic) bond motifs is 1. The van der Waals surface area contributed by atoms with Gasteiger partial charge in [-0.1, -0.05) is 0 Å². The van der Waals surface area contributed by atoms with Crippen molar-refractivity contribution in [3.63, 3.8) is 0 Å². The van der Waals surface area contributed by atoms with E-state index < -0.39 is 40.4 Å². The van der Waals surface area contributed by atoms with Crippen LogP contribution < -0.4 is 0 Å². The van der Waals surface area contributed by atoms with Crippen molar-refractivity contribution in [2.45, 2.75) is 12.6 Å². The molecule has 0 atom stereocenters. The number of carbonyl (C=O) groups is 1. The lowest BCUT2D eigenvalue weighted by atomic mass is 10.1. The summed E-state index contributed by atoms with van der Waals surface area (Å²) in [5.41, 5.74) is -2.12. The van der Waals surface area contributed by atoms with Gasteiger partial charge in [-0.15, -0.1) is 0 Å². The summed E-state index contributed by atoms with van der Waals surface area (Å²) < 4.78 is 38.5. The number of carboxylic acid groups (broad SMARTS) is 1. The summed E-state index contributed by atoms with van der Waals surface area (Å²) in [6.45, 7) is 0. The number of aliphatic carboxylic acids is 1. The Morgan fingerprint density at radius 1 is 1.40 bits per heavy atom. The number of H-pyrrole nitrogens is 1. The standard InChI is InChI=1S/C11H7F3N2O4/c12-11(13,14)10-7(4-9(17)18)6-3-5(16(19)20)1-2-8(6)15-10/h1-3,15H,4H2,(H,17,18). The van der Waals surface area contributed by atoms with E-state index in [0.717, 1.165) is 18.2 Å². The van der Waals surface area contributed by atoms with Gasteiger partial charge in [0.2, 0.25) is 0 Å². The molecule has 20 heavy (non-hydrogen) atoms. The summed E-state index contributed by atoms with van der Waals surface area (Å²) in [6, 6.07) is 3.09. The largest absolute Gasteiger partial charge is 0.481 e. The first kappa shape index (κ1) is 13.8. The number of benzene rings is 1. The van der Waals surface area contributed by atoms with Crippen LogP contribution in [0.3, 0.4) is 0 Å². The first-order valence-corrected chi connectivity index (χ1v) is 5.28. The molecule has 0 saturated heterocycles. The molecule has 9 heteroatoms. The molecule has 106 valence electrons.